The number of carbonyl (C=O) groups excluding carboxylic acids is 1. The number of piperidine rings is 1. The van der Waals surface area contributed by atoms with Crippen LogP contribution < -0.4 is 11.1 Å². The van der Waals surface area contributed by atoms with Gasteiger partial charge < -0.3 is 11.1 Å². The summed E-state index contributed by atoms with van der Waals surface area (Å²) in [4.78, 5) is 18.9. The van der Waals surface area contributed by atoms with Gasteiger partial charge in [-0.2, -0.15) is 0 Å². The molecule has 0 aliphatic carbocycles. The third kappa shape index (κ3) is 6.93. The van der Waals surface area contributed by atoms with Crippen LogP contribution in [0.4, 0.5) is 0 Å². The number of unbranched alkanes of at least 4 members (excludes halogenated alkanes) is 1. The Morgan fingerprint density at radius 2 is 2.26 bits per heavy atom. The zero-order chi connectivity index (χ0) is 15.1. The van der Waals surface area contributed by atoms with Gasteiger partial charge in [0.2, 0.25) is 0 Å². The second-order valence-corrected chi connectivity index (χ2v) is 6.52. The SMILES string of the molecule is CCCCN1CCCCC1CNC(=O)c1csc(CN)n1.Cl.Cl. The number of nitrogens with two attached hydrogens (primary N) is 1. The fourth-order valence-corrected chi connectivity index (χ4v) is 3.41. The van der Waals surface area contributed by atoms with Gasteiger partial charge in [-0.15, -0.1) is 36.2 Å². The number of aromatic nitrogens is 1. The molecule has 1 unspecified atom stereocenters. The molecule has 1 saturated heterocycles. The predicted octanol–water partition coefficient (Wildman–Crippen LogP) is 2.83. The highest BCUT2D eigenvalue weighted by Gasteiger charge is 2.22. The van der Waals surface area contributed by atoms with Crippen LogP contribution in [-0.2, 0) is 6.54 Å². The number of hydrogen-bond acceptors (Lipinski definition) is 5. The van der Waals surface area contributed by atoms with E-state index in [0.29, 0.717) is 18.3 Å². The number of hydrogen-bond donors (Lipinski definition) is 2. The van der Waals surface area contributed by atoms with Gasteiger partial charge in [0.05, 0.1) is 0 Å². The second kappa shape index (κ2) is 12.0. The summed E-state index contributed by atoms with van der Waals surface area (Å²) in [6, 6.07) is 0.474. The first-order valence-corrected chi connectivity index (χ1v) is 8.79. The average Bonchev–Trinajstić information content (AvgIpc) is 3.00. The Morgan fingerprint density at radius 3 is 2.91 bits per heavy atom. The Labute approximate surface area is 155 Å². The largest absolute Gasteiger partial charge is 0.349 e. The van der Waals surface area contributed by atoms with Crippen molar-refractivity contribution in [2.45, 2.75) is 51.6 Å². The molecule has 0 spiro atoms. The third-order valence-electron chi connectivity index (χ3n) is 4.01. The van der Waals surface area contributed by atoms with E-state index in [1.54, 1.807) is 5.38 Å². The Hall–Kier alpha value is -0.400. The molecule has 1 aliphatic rings. The first-order chi connectivity index (χ1) is 10.2. The molecule has 0 bridgehead atoms. The lowest BCUT2D eigenvalue weighted by Crippen LogP contribution is -2.47. The zero-order valence-electron chi connectivity index (χ0n) is 13.6. The highest BCUT2D eigenvalue weighted by Crippen LogP contribution is 2.17. The summed E-state index contributed by atoms with van der Waals surface area (Å²) in [5.41, 5.74) is 6.03. The van der Waals surface area contributed by atoms with Crippen molar-refractivity contribution in [1.29, 1.82) is 0 Å². The molecule has 1 fully saturated rings. The van der Waals surface area contributed by atoms with Crippen molar-refractivity contribution in [3.05, 3.63) is 16.1 Å². The number of nitrogens with zero attached hydrogens (tertiary/aromatic N) is 2. The summed E-state index contributed by atoms with van der Waals surface area (Å²) in [7, 11) is 0. The quantitative estimate of drug-likeness (QED) is 0.760. The van der Waals surface area contributed by atoms with Crippen molar-refractivity contribution >= 4 is 42.1 Å². The topological polar surface area (TPSA) is 71.2 Å². The molecule has 0 aromatic carbocycles. The predicted molar refractivity (Wildman–Crippen MR) is 101 cm³/mol. The number of carbonyl (C=O) groups is 1. The van der Waals surface area contributed by atoms with Gasteiger partial charge in [0, 0.05) is 24.5 Å². The summed E-state index contributed by atoms with van der Waals surface area (Å²) in [5, 5.41) is 5.63. The molecular formula is C15H28Cl2N4OS. The summed E-state index contributed by atoms with van der Waals surface area (Å²) in [5.74, 6) is -0.0769. The lowest BCUT2D eigenvalue weighted by atomic mass is 10.0. The van der Waals surface area contributed by atoms with Crippen molar-refractivity contribution in [2.75, 3.05) is 19.6 Å². The average molecular weight is 383 g/mol. The number of nitrogens with one attached hydrogen (secondary N) is 1. The van der Waals surface area contributed by atoms with Crippen LogP contribution in [0.2, 0.25) is 0 Å². The lowest BCUT2D eigenvalue weighted by Gasteiger charge is -2.35. The van der Waals surface area contributed by atoms with Crippen molar-refractivity contribution in [3.63, 3.8) is 0 Å². The maximum atomic E-state index is 12.1. The van der Waals surface area contributed by atoms with Crippen molar-refractivity contribution in [2.24, 2.45) is 5.73 Å². The van der Waals surface area contributed by atoms with E-state index in [-0.39, 0.29) is 30.7 Å². The second-order valence-electron chi connectivity index (χ2n) is 5.58. The minimum Gasteiger partial charge on any atom is -0.349 e. The van der Waals surface area contributed by atoms with Gasteiger partial charge in [-0.1, -0.05) is 19.8 Å². The number of rotatable bonds is 7. The van der Waals surface area contributed by atoms with Gasteiger partial charge >= 0.3 is 0 Å². The van der Waals surface area contributed by atoms with Crippen LogP contribution in [0, 0.1) is 0 Å². The molecule has 5 nitrogen and oxygen atoms in total. The van der Waals surface area contributed by atoms with E-state index in [0.717, 1.165) is 24.6 Å². The molecule has 8 heteroatoms. The van der Waals surface area contributed by atoms with E-state index in [4.69, 9.17) is 5.73 Å². The van der Waals surface area contributed by atoms with Gasteiger partial charge in [0.25, 0.3) is 5.91 Å². The fourth-order valence-electron chi connectivity index (χ4n) is 2.76. The van der Waals surface area contributed by atoms with E-state index in [2.05, 4.69) is 22.1 Å². The van der Waals surface area contributed by atoms with Crippen LogP contribution in [-0.4, -0.2) is 41.5 Å². The molecule has 1 atom stereocenters. The minimum absolute atomic E-state index is 0. The van der Waals surface area contributed by atoms with Crippen molar-refractivity contribution < 1.29 is 4.79 Å². The van der Waals surface area contributed by atoms with Gasteiger partial charge in [-0.3, -0.25) is 9.69 Å². The minimum atomic E-state index is -0.0769. The number of amides is 1. The highest BCUT2D eigenvalue weighted by atomic mass is 35.5. The third-order valence-corrected chi connectivity index (χ3v) is 4.88. The van der Waals surface area contributed by atoms with Crippen LogP contribution in [0.5, 0.6) is 0 Å². The first kappa shape index (κ1) is 22.6. The summed E-state index contributed by atoms with van der Waals surface area (Å²) >= 11 is 1.44. The number of likely N-dealkylation sites (tertiary alicyclic amines) is 1. The molecule has 3 N–H and O–H groups in total. The molecule has 1 aromatic rings. The molecule has 2 rings (SSSR count). The zero-order valence-corrected chi connectivity index (χ0v) is 16.1. The van der Waals surface area contributed by atoms with E-state index in [9.17, 15) is 4.79 Å². The van der Waals surface area contributed by atoms with Gasteiger partial charge in [0.1, 0.15) is 10.7 Å². The molecule has 0 saturated carbocycles. The van der Waals surface area contributed by atoms with Crippen LogP contribution in [0.1, 0.15) is 54.5 Å². The van der Waals surface area contributed by atoms with Gasteiger partial charge in [0.15, 0.2) is 0 Å². The maximum Gasteiger partial charge on any atom is 0.270 e. The Bertz CT molecular complexity index is 458. The Balaban J connectivity index is 0.00000242. The summed E-state index contributed by atoms with van der Waals surface area (Å²) in [6.45, 7) is 5.64. The lowest BCUT2D eigenvalue weighted by molar-refractivity contribution is 0.0908. The molecule has 1 aromatic heterocycles. The molecule has 23 heavy (non-hydrogen) atoms. The smallest absolute Gasteiger partial charge is 0.270 e. The molecule has 0 radical (unpaired) electrons. The molecule has 2 heterocycles. The summed E-state index contributed by atoms with van der Waals surface area (Å²) < 4.78 is 0. The summed E-state index contributed by atoms with van der Waals surface area (Å²) in [6.07, 6.45) is 6.17. The Kier molecular flexibility index (Phi) is 11.8. The first-order valence-electron chi connectivity index (χ1n) is 7.91. The number of halogens is 2. The fraction of sp³-hybridized carbons (Fsp3) is 0.733. The number of thiazole rings is 1. The molecule has 134 valence electrons. The Morgan fingerprint density at radius 1 is 1.48 bits per heavy atom. The maximum absolute atomic E-state index is 12.1. The van der Waals surface area contributed by atoms with Crippen LogP contribution in [0.15, 0.2) is 5.38 Å². The van der Waals surface area contributed by atoms with Crippen molar-refractivity contribution in [1.82, 2.24) is 15.2 Å². The molecule has 1 amide bonds. The van der Waals surface area contributed by atoms with E-state index >= 15 is 0 Å². The van der Waals surface area contributed by atoms with E-state index < -0.39 is 0 Å². The normalized spacial score (nSPS) is 17.9. The van der Waals surface area contributed by atoms with E-state index in [1.807, 2.05) is 0 Å². The molecule has 1 aliphatic heterocycles. The van der Waals surface area contributed by atoms with Crippen LogP contribution in [0.3, 0.4) is 0 Å². The molecular weight excluding hydrogens is 355 g/mol. The highest BCUT2D eigenvalue weighted by molar-refractivity contribution is 7.09. The van der Waals surface area contributed by atoms with Crippen LogP contribution >= 0.6 is 36.2 Å². The van der Waals surface area contributed by atoms with Gasteiger partial charge in [-0.25, -0.2) is 4.98 Å². The van der Waals surface area contributed by atoms with Crippen LogP contribution in [0.25, 0.3) is 0 Å². The van der Waals surface area contributed by atoms with Crippen molar-refractivity contribution in [3.8, 4) is 0 Å². The standard InChI is InChI=1S/C15H26N4OS.2ClH/c1-2-3-7-19-8-5-4-6-12(19)10-17-15(20)13-11-21-14(9-16)18-13;;/h11-12H,2-10,16H2,1H3,(H,17,20);2*1H. The van der Waals surface area contributed by atoms with E-state index in [1.165, 1.54) is 43.4 Å². The van der Waals surface area contributed by atoms with Gasteiger partial charge in [-0.05, 0) is 32.4 Å². The monoisotopic (exact) mass is 382 g/mol.